The number of hydrogen-bond donors (Lipinski definition) is 2. The molecule has 0 saturated heterocycles. The molecule has 0 fully saturated rings. The van der Waals surface area contributed by atoms with Crippen LogP contribution < -0.4 is 15.8 Å². The summed E-state index contributed by atoms with van der Waals surface area (Å²) in [6.45, 7) is 3.98. The van der Waals surface area contributed by atoms with Crippen LogP contribution in [0.1, 0.15) is 26.4 Å². The minimum atomic E-state index is -0.503. The van der Waals surface area contributed by atoms with Crippen molar-refractivity contribution in [3.63, 3.8) is 0 Å². The number of pyridine rings is 1. The lowest BCUT2D eigenvalue weighted by molar-refractivity contribution is 0.1000. The summed E-state index contributed by atoms with van der Waals surface area (Å²) in [5.74, 6) is 0.627. The summed E-state index contributed by atoms with van der Waals surface area (Å²) in [5.41, 5.74) is 8.14. The predicted molar refractivity (Wildman–Crippen MR) is 104 cm³/mol. The van der Waals surface area contributed by atoms with Crippen molar-refractivity contribution in [2.24, 2.45) is 5.73 Å². The van der Waals surface area contributed by atoms with Crippen molar-refractivity contribution < 1.29 is 9.53 Å². The minimum Gasteiger partial charge on any atom is -0.439 e. The SMILES string of the molecule is Cc1ccsc1CNCCc1ccc(Oc2ccc(C(N)=O)cn2)cc1. The molecule has 26 heavy (non-hydrogen) atoms. The maximum atomic E-state index is 11.0. The smallest absolute Gasteiger partial charge is 0.250 e. The van der Waals surface area contributed by atoms with Gasteiger partial charge in [-0.05, 0) is 60.7 Å². The van der Waals surface area contributed by atoms with Crippen molar-refractivity contribution >= 4 is 17.2 Å². The van der Waals surface area contributed by atoms with Gasteiger partial charge in [-0.15, -0.1) is 11.3 Å². The minimum absolute atomic E-state index is 0.359. The van der Waals surface area contributed by atoms with Gasteiger partial charge in [-0.25, -0.2) is 4.98 Å². The number of rotatable bonds is 8. The van der Waals surface area contributed by atoms with Crippen molar-refractivity contribution in [2.75, 3.05) is 6.54 Å². The van der Waals surface area contributed by atoms with Crippen LogP contribution in [0.3, 0.4) is 0 Å². The molecule has 0 aliphatic carbocycles. The average Bonchev–Trinajstić information content (AvgIpc) is 3.05. The summed E-state index contributed by atoms with van der Waals surface area (Å²) in [5, 5.41) is 5.60. The summed E-state index contributed by atoms with van der Waals surface area (Å²) in [6, 6.07) is 13.3. The van der Waals surface area contributed by atoms with Crippen LogP contribution in [-0.2, 0) is 13.0 Å². The fourth-order valence-electron chi connectivity index (χ4n) is 2.45. The van der Waals surface area contributed by atoms with Gasteiger partial charge in [-0.3, -0.25) is 4.79 Å². The first kappa shape index (κ1) is 18.1. The van der Waals surface area contributed by atoms with Crippen molar-refractivity contribution in [3.8, 4) is 11.6 Å². The maximum absolute atomic E-state index is 11.0. The van der Waals surface area contributed by atoms with Crippen LogP contribution >= 0.6 is 11.3 Å². The van der Waals surface area contributed by atoms with E-state index in [0.717, 1.165) is 19.5 Å². The van der Waals surface area contributed by atoms with Crippen LogP contribution in [0.5, 0.6) is 11.6 Å². The molecule has 1 amide bonds. The highest BCUT2D eigenvalue weighted by Gasteiger charge is 2.03. The van der Waals surface area contributed by atoms with E-state index in [2.05, 4.69) is 28.7 Å². The van der Waals surface area contributed by atoms with Crippen molar-refractivity contribution in [2.45, 2.75) is 19.9 Å². The van der Waals surface area contributed by atoms with Crippen molar-refractivity contribution in [3.05, 3.63) is 75.6 Å². The molecule has 2 heterocycles. The summed E-state index contributed by atoms with van der Waals surface area (Å²) in [6.07, 6.45) is 2.36. The molecule has 3 rings (SSSR count). The monoisotopic (exact) mass is 367 g/mol. The third-order valence-corrected chi connectivity index (χ3v) is 5.03. The Balaban J connectivity index is 1.47. The van der Waals surface area contributed by atoms with Gasteiger partial charge in [0.05, 0.1) is 5.56 Å². The molecule has 134 valence electrons. The largest absolute Gasteiger partial charge is 0.439 e. The van der Waals surface area contributed by atoms with E-state index in [9.17, 15) is 4.79 Å². The highest BCUT2D eigenvalue weighted by Crippen LogP contribution is 2.20. The van der Waals surface area contributed by atoms with Gasteiger partial charge < -0.3 is 15.8 Å². The van der Waals surface area contributed by atoms with Crippen LogP contribution in [0.4, 0.5) is 0 Å². The first-order valence-corrected chi connectivity index (χ1v) is 9.26. The van der Waals surface area contributed by atoms with Crippen molar-refractivity contribution in [1.82, 2.24) is 10.3 Å². The molecule has 0 atom stereocenters. The Bertz CT molecular complexity index is 858. The van der Waals surface area contributed by atoms with E-state index in [0.29, 0.717) is 17.2 Å². The molecule has 0 saturated carbocycles. The van der Waals surface area contributed by atoms with E-state index in [1.807, 2.05) is 24.3 Å². The molecule has 2 aromatic heterocycles. The number of nitrogens with zero attached hydrogens (tertiary/aromatic N) is 1. The maximum Gasteiger partial charge on any atom is 0.250 e. The average molecular weight is 367 g/mol. The van der Waals surface area contributed by atoms with E-state index in [1.165, 1.54) is 22.2 Å². The molecule has 5 nitrogen and oxygen atoms in total. The van der Waals surface area contributed by atoms with Gasteiger partial charge in [-0.2, -0.15) is 0 Å². The zero-order chi connectivity index (χ0) is 18.4. The highest BCUT2D eigenvalue weighted by molar-refractivity contribution is 7.10. The van der Waals surface area contributed by atoms with E-state index in [4.69, 9.17) is 10.5 Å². The Morgan fingerprint density at radius 1 is 1.19 bits per heavy atom. The lowest BCUT2D eigenvalue weighted by Gasteiger charge is -2.07. The number of primary amides is 1. The van der Waals surface area contributed by atoms with Gasteiger partial charge in [0.15, 0.2) is 0 Å². The van der Waals surface area contributed by atoms with E-state index >= 15 is 0 Å². The van der Waals surface area contributed by atoms with Crippen molar-refractivity contribution in [1.29, 1.82) is 0 Å². The number of carbonyl (C=O) groups is 1. The summed E-state index contributed by atoms with van der Waals surface area (Å²) >= 11 is 1.79. The Morgan fingerprint density at radius 3 is 2.62 bits per heavy atom. The number of nitrogens with two attached hydrogens (primary N) is 1. The molecule has 1 aromatic carbocycles. The quantitative estimate of drug-likeness (QED) is 0.596. The molecule has 0 radical (unpaired) electrons. The second-order valence-corrected chi connectivity index (χ2v) is 6.95. The van der Waals surface area contributed by atoms with E-state index < -0.39 is 5.91 Å². The molecule has 6 heteroatoms. The number of aryl methyl sites for hydroxylation is 1. The third kappa shape index (κ3) is 4.91. The van der Waals surface area contributed by atoms with Crippen LogP contribution in [0.2, 0.25) is 0 Å². The second-order valence-electron chi connectivity index (χ2n) is 5.95. The number of hydrogen-bond acceptors (Lipinski definition) is 5. The van der Waals surface area contributed by atoms with Crippen LogP contribution in [0.15, 0.2) is 54.0 Å². The Kier molecular flexibility index (Phi) is 5.99. The van der Waals surface area contributed by atoms with Gasteiger partial charge in [0.1, 0.15) is 5.75 Å². The molecule has 0 spiro atoms. The molecule has 0 aliphatic rings. The van der Waals surface area contributed by atoms with Gasteiger partial charge in [-0.1, -0.05) is 12.1 Å². The molecule has 0 aliphatic heterocycles. The molecule has 0 unspecified atom stereocenters. The normalized spacial score (nSPS) is 10.7. The van der Waals surface area contributed by atoms with E-state index in [-0.39, 0.29) is 0 Å². The summed E-state index contributed by atoms with van der Waals surface area (Å²) in [7, 11) is 0. The fraction of sp³-hybridized carbons (Fsp3) is 0.200. The fourth-order valence-corrected chi connectivity index (χ4v) is 3.33. The number of amides is 1. The number of nitrogens with one attached hydrogen (secondary N) is 1. The zero-order valence-corrected chi connectivity index (χ0v) is 15.4. The van der Waals surface area contributed by atoms with E-state index in [1.54, 1.807) is 23.5 Å². The molecular weight excluding hydrogens is 346 g/mol. The van der Waals surface area contributed by atoms with Crippen LogP contribution in [-0.4, -0.2) is 17.4 Å². The lowest BCUT2D eigenvalue weighted by atomic mass is 10.1. The molecular formula is C20H21N3O2S. The van der Waals surface area contributed by atoms with Gasteiger partial charge in [0.25, 0.3) is 0 Å². The number of carbonyl (C=O) groups excluding carboxylic acids is 1. The predicted octanol–water partition coefficient (Wildman–Crippen LogP) is 3.68. The number of ether oxygens (including phenoxy) is 1. The number of aromatic nitrogens is 1. The number of thiophene rings is 1. The van der Waals surface area contributed by atoms with Crippen LogP contribution in [0, 0.1) is 6.92 Å². The Hall–Kier alpha value is -2.70. The Labute approximate surface area is 156 Å². The molecule has 0 bridgehead atoms. The Morgan fingerprint density at radius 2 is 2.00 bits per heavy atom. The molecule has 3 aromatic rings. The first-order valence-electron chi connectivity index (χ1n) is 8.38. The number of benzene rings is 1. The summed E-state index contributed by atoms with van der Waals surface area (Å²) in [4.78, 5) is 16.5. The zero-order valence-electron chi connectivity index (χ0n) is 14.6. The second kappa shape index (κ2) is 8.60. The van der Waals surface area contributed by atoms with Gasteiger partial charge in [0.2, 0.25) is 11.8 Å². The summed E-state index contributed by atoms with van der Waals surface area (Å²) < 4.78 is 5.68. The third-order valence-electron chi connectivity index (χ3n) is 4.01. The van der Waals surface area contributed by atoms with Gasteiger partial charge in [0, 0.05) is 23.7 Å². The first-order chi connectivity index (χ1) is 12.6. The lowest BCUT2D eigenvalue weighted by Crippen LogP contribution is -2.16. The highest BCUT2D eigenvalue weighted by atomic mass is 32.1. The topological polar surface area (TPSA) is 77.2 Å². The van der Waals surface area contributed by atoms with Gasteiger partial charge >= 0.3 is 0 Å². The standard InChI is InChI=1S/C20H21N3O2S/c1-14-9-11-26-18(14)13-22-10-8-15-2-5-17(6-3-15)25-19-7-4-16(12-23-19)20(21)24/h2-7,9,11-12,22H,8,10,13H2,1H3,(H2,21,24). The molecule has 3 N–H and O–H groups in total. The van der Waals surface area contributed by atoms with Crippen LogP contribution in [0.25, 0.3) is 0 Å².